The Kier molecular flexibility index (Phi) is 5.47. The maximum absolute atomic E-state index is 13.6. The van der Waals surface area contributed by atoms with Crippen molar-refractivity contribution < 1.29 is 19.2 Å². The van der Waals surface area contributed by atoms with Gasteiger partial charge in [-0.2, -0.15) is 0 Å². The van der Waals surface area contributed by atoms with Crippen LogP contribution in [0.25, 0.3) is 0 Å². The first-order valence-corrected chi connectivity index (χ1v) is 5.86. The second kappa shape index (κ2) is 7.09. The fourth-order valence-electron chi connectivity index (χ4n) is 1.60. The van der Waals surface area contributed by atoms with E-state index >= 15 is 0 Å². The number of hydrogen-bond donors (Lipinski definition) is 2. The molecule has 1 aromatic carbocycles. The highest BCUT2D eigenvalue weighted by molar-refractivity contribution is 5.93. The smallest absolute Gasteiger partial charge is 0.342 e. The molecular formula is C13H13FN2O4. The van der Waals surface area contributed by atoms with Crippen molar-refractivity contribution in [2.24, 2.45) is 0 Å². The molecule has 0 saturated heterocycles. The summed E-state index contributed by atoms with van der Waals surface area (Å²) in [4.78, 5) is 20.7. The van der Waals surface area contributed by atoms with Gasteiger partial charge < -0.3 is 10.4 Å². The number of nitrogens with one attached hydrogen (secondary N) is 1. The SMILES string of the molecule is C#CCCCCNc1cc(C(=O)O)c([N+](=O)[O-])cc1F. The highest BCUT2D eigenvalue weighted by Gasteiger charge is 2.23. The fraction of sp³-hybridized carbons (Fsp3) is 0.308. The third-order valence-electron chi connectivity index (χ3n) is 2.58. The first-order chi connectivity index (χ1) is 9.47. The molecule has 0 spiro atoms. The van der Waals surface area contributed by atoms with E-state index < -0.39 is 28.0 Å². The Labute approximate surface area is 114 Å². The van der Waals surface area contributed by atoms with Gasteiger partial charge in [0.05, 0.1) is 16.7 Å². The number of nitro groups is 1. The zero-order valence-electron chi connectivity index (χ0n) is 10.6. The molecule has 2 N–H and O–H groups in total. The third kappa shape index (κ3) is 3.95. The molecule has 0 aromatic heterocycles. The number of aromatic carboxylic acids is 1. The van der Waals surface area contributed by atoms with Crippen LogP contribution in [0.4, 0.5) is 15.8 Å². The molecule has 1 rings (SSSR count). The van der Waals surface area contributed by atoms with Crippen molar-refractivity contribution in [1.82, 2.24) is 0 Å². The summed E-state index contributed by atoms with van der Waals surface area (Å²) < 4.78 is 13.6. The molecule has 6 nitrogen and oxygen atoms in total. The molecule has 0 bridgehead atoms. The molecule has 0 aliphatic rings. The number of halogens is 1. The number of benzene rings is 1. The Bertz CT molecular complexity index is 566. The van der Waals surface area contributed by atoms with Gasteiger partial charge in [0.1, 0.15) is 5.56 Å². The Balaban J connectivity index is 2.87. The fourth-order valence-corrected chi connectivity index (χ4v) is 1.60. The van der Waals surface area contributed by atoms with Crippen LogP contribution in [0.2, 0.25) is 0 Å². The van der Waals surface area contributed by atoms with E-state index in [4.69, 9.17) is 11.5 Å². The van der Waals surface area contributed by atoms with Crippen LogP contribution in [-0.2, 0) is 0 Å². The van der Waals surface area contributed by atoms with Crippen LogP contribution in [0, 0.1) is 28.3 Å². The number of nitro benzene ring substituents is 1. The van der Waals surface area contributed by atoms with E-state index in [9.17, 15) is 19.3 Å². The average Bonchev–Trinajstić information content (AvgIpc) is 2.39. The summed E-state index contributed by atoms with van der Waals surface area (Å²) in [5.74, 6) is 0.125. The van der Waals surface area contributed by atoms with Crippen LogP contribution in [-0.4, -0.2) is 22.5 Å². The lowest BCUT2D eigenvalue weighted by atomic mass is 10.1. The van der Waals surface area contributed by atoms with Gasteiger partial charge in [0.15, 0.2) is 5.82 Å². The Morgan fingerprint density at radius 1 is 1.50 bits per heavy atom. The maximum Gasteiger partial charge on any atom is 0.342 e. The highest BCUT2D eigenvalue weighted by Crippen LogP contribution is 2.26. The monoisotopic (exact) mass is 280 g/mol. The first kappa shape index (κ1) is 15.4. The van der Waals surface area contributed by atoms with Crippen LogP contribution >= 0.6 is 0 Å². The predicted octanol–water partition coefficient (Wildman–Crippen LogP) is 2.65. The largest absolute Gasteiger partial charge is 0.477 e. The van der Waals surface area contributed by atoms with Gasteiger partial charge in [0.2, 0.25) is 0 Å². The standard InChI is InChI=1S/C13H13FN2O4/c1-2-3-4-5-6-15-11-7-9(13(17)18)12(16(19)20)8-10(11)14/h1,7-8,15H,3-6H2,(H,17,18). The molecule has 0 fully saturated rings. The quantitative estimate of drug-likeness (QED) is 0.346. The van der Waals surface area contributed by atoms with Crippen LogP contribution in [0.5, 0.6) is 0 Å². The summed E-state index contributed by atoms with van der Waals surface area (Å²) in [6.07, 6.45) is 7.12. The van der Waals surface area contributed by atoms with Gasteiger partial charge in [0.25, 0.3) is 5.69 Å². The van der Waals surface area contributed by atoms with Gasteiger partial charge in [0, 0.05) is 13.0 Å². The minimum atomic E-state index is -1.48. The van der Waals surface area contributed by atoms with Crippen molar-refractivity contribution in [1.29, 1.82) is 0 Å². The number of carboxylic acid groups (broad SMARTS) is 1. The molecule has 0 aliphatic heterocycles. The van der Waals surface area contributed by atoms with Crippen molar-refractivity contribution in [3.8, 4) is 12.3 Å². The second-order valence-corrected chi connectivity index (χ2v) is 4.00. The molecule has 0 unspecified atom stereocenters. The molecule has 0 atom stereocenters. The minimum Gasteiger partial charge on any atom is -0.477 e. The van der Waals surface area contributed by atoms with Crippen molar-refractivity contribution in [3.05, 3.63) is 33.6 Å². The van der Waals surface area contributed by atoms with Crippen LogP contribution < -0.4 is 5.32 Å². The van der Waals surface area contributed by atoms with Crippen molar-refractivity contribution >= 4 is 17.3 Å². The van der Waals surface area contributed by atoms with Crippen LogP contribution in [0.1, 0.15) is 29.6 Å². The van der Waals surface area contributed by atoms with Gasteiger partial charge in [-0.05, 0) is 18.9 Å². The van der Waals surface area contributed by atoms with E-state index in [1.54, 1.807) is 0 Å². The molecule has 0 aliphatic carbocycles. The highest BCUT2D eigenvalue weighted by atomic mass is 19.1. The number of hydrogen-bond acceptors (Lipinski definition) is 4. The van der Waals surface area contributed by atoms with Crippen molar-refractivity contribution in [3.63, 3.8) is 0 Å². The summed E-state index contributed by atoms with van der Waals surface area (Å²) >= 11 is 0. The zero-order chi connectivity index (χ0) is 15.1. The number of carbonyl (C=O) groups is 1. The van der Waals surface area contributed by atoms with E-state index in [0.717, 1.165) is 12.5 Å². The predicted molar refractivity (Wildman–Crippen MR) is 71.2 cm³/mol. The number of anilines is 1. The van der Waals surface area contributed by atoms with Gasteiger partial charge in [-0.1, -0.05) is 0 Å². The average molecular weight is 280 g/mol. The molecule has 0 amide bonds. The molecule has 20 heavy (non-hydrogen) atoms. The van der Waals surface area contributed by atoms with Crippen molar-refractivity contribution in [2.45, 2.75) is 19.3 Å². The van der Waals surface area contributed by atoms with Gasteiger partial charge in [-0.15, -0.1) is 12.3 Å². The lowest BCUT2D eigenvalue weighted by Gasteiger charge is -2.08. The summed E-state index contributed by atoms with van der Waals surface area (Å²) in [7, 11) is 0. The minimum absolute atomic E-state index is 0.0753. The topological polar surface area (TPSA) is 92.5 Å². The Morgan fingerprint density at radius 2 is 2.20 bits per heavy atom. The van der Waals surface area contributed by atoms with E-state index in [-0.39, 0.29) is 5.69 Å². The van der Waals surface area contributed by atoms with Crippen LogP contribution in [0.15, 0.2) is 12.1 Å². The third-order valence-corrected chi connectivity index (χ3v) is 2.58. The van der Waals surface area contributed by atoms with Crippen LogP contribution in [0.3, 0.4) is 0 Å². The molecule has 106 valence electrons. The van der Waals surface area contributed by atoms with Gasteiger partial charge in [-0.3, -0.25) is 10.1 Å². The second-order valence-electron chi connectivity index (χ2n) is 4.00. The van der Waals surface area contributed by atoms with E-state index in [0.29, 0.717) is 25.5 Å². The van der Waals surface area contributed by atoms with Gasteiger partial charge >= 0.3 is 5.97 Å². The van der Waals surface area contributed by atoms with E-state index in [2.05, 4.69) is 11.2 Å². The number of unbranched alkanes of at least 4 members (excludes halogenated alkanes) is 2. The molecule has 0 radical (unpaired) electrons. The zero-order valence-corrected chi connectivity index (χ0v) is 10.6. The lowest BCUT2D eigenvalue weighted by molar-refractivity contribution is -0.385. The lowest BCUT2D eigenvalue weighted by Crippen LogP contribution is -2.08. The van der Waals surface area contributed by atoms with Gasteiger partial charge in [-0.25, -0.2) is 9.18 Å². The van der Waals surface area contributed by atoms with Crippen molar-refractivity contribution in [2.75, 3.05) is 11.9 Å². The molecule has 7 heteroatoms. The first-order valence-electron chi connectivity index (χ1n) is 5.86. The summed E-state index contributed by atoms with van der Waals surface area (Å²) in [6.45, 7) is 0.398. The number of nitrogens with zero attached hydrogens (tertiary/aromatic N) is 1. The number of carboxylic acids is 1. The number of rotatable bonds is 7. The summed E-state index contributed by atoms with van der Waals surface area (Å²) in [5.41, 5.74) is -1.40. The normalized spacial score (nSPS) is 9.80. The molecular weight excluding hydrogens is 267 g/mol. The Hall–Kier alpha value is -2.62. The molecule has 1 aromatic rings. The summed E-state index contributed by atoms with van der Waals surface area (Å²) in [6, 6.07) is 1.53. The molecule has 0 heterocycles. The van der Waals surface area contributed by atoms with E-state index in [1.807, 2.05) is 0 Å². The Morgan fingerprint density at radius 3 is 2.75 bits per heavy atom. The summed E-state index contributed by atoms with van der Waals surface area (Å²) in [5, 5.41) is 22.3. The molecule has 0 saturated carbocycles. The van der Waals surface area contributed by atoms with E-state index in [1.165, 1.54) is 0 Å². The maximum atomic E-state index is 13.6. The number of terminal acetylenes is 1.